The molecule has 1 N–H and O–H groups in total. The Bertz CT molecular complexity index is 638. The monoisotopic (exact) mass is 328 g/mol. The molecule has 0 saturated heterocycles. The quantitative estimate of drug-likeness (QED) is 0.853. The van der Waals surface area contributed by atoms with Crippen LogP contribution in [-0.4, -0.2) is 24.1 Å². The van der Waals surface area contributed by atoms with Crippen molar-refractivity contribution in [3.8, 4) is 5.75 Å². The number of hydrogen-bond acceptors (Lipinski definition) is 3. The molecule has 0 spiro atoms. The van der Waals surface area contributed by atoms with Crippen molar-refractivity contribution >= 4 is 5.78 Å². The Balaban J connectivity index is 1.56. The number of ether oxygens (including phenoxy) is 1. The molecular weight excluding hydrogens is 300 g/mol. The van der Waals surface area contributed by atoms with Crippen LogP contribution in [0.5, 0.6) is 5.75 Å². The molecule has 1 aromatic carbocycles. The molecule has 0 aliphatic heterocycles. The predicted molar refractivity (Wildman–Crippen MR) is 93.3 cm³/mol. The molecule has 0 aromatic heterocycles. The standard InChI is InChI=1S/C21H28O3/c1-21-10-9-17-16-6-4-15(24-12-2-11-22)13-14(16)3-5-18(17)19(21)7-8-20(21)23/h4,6,13,17-19,22H,2-3,5,7-12H2,1H3/t17-,18-,19+,21+/m1/s1. The molecule has 3 aliphatic rings. The SMILES string of the molecule is C[C@]12CC[C@@H]3c4ccc(OCCCO)cc4CC[C@H]3[C@@H]1CCC2=O. The lowest BCUT2D eigenvalue weighted by Gasteiger charge is -2.48. The summed E-state index contributed by atoms with van der Waals surface area (Å²) in [7, 11) is 0. The van der Waals surface area contributed by atoms with Crippen molar-refractivity contribution in [3.05, 3.63) is 29.3 Å². The van der Waals surface area contributed by atoms with Gasteiger partial charge in [0.25, 0.3) is 0 Å². The molecule has 2 saturated carbocycles. The maximum atomic E-state index is 12.4. The molecule has 4 rings (SSSR count). The summed E-state index contributed by atoms with van der Waals surface area (Å²) in [5.41, 5.74) is 2.90. The third-order valence-corrected chi connectivity index (χ3v) is 6.98. The average molecular weight is 328 g/mol. The molecule has 4 atom stereocenters. The lowest BCUT2D eigenvalue weighted by atomic mass is 9.55. The Morgan fingerprint density at radius 2 is 2.12 bits per heavy atom. The van der Waals surface area contributed by atoms with E-state index in [0.29, 0.717) is 36.6 Å². The van der Waals surface area contributed by atoms with E-state index in [9.17, 15) is 4.79 Å². The molecule has 2 fully saturated rings. The number of Topliss-reactive ketones (excluding diaryl/α,β-unsaturated/α-hetero) is 1. The van der Waals surface area contributed by atoms with Crippen LogP contribution >= 0.6 is 0 Å². The summed E-state index contributed by atoms with van der Waals surface area (Å²) in [6, 6.07) is 6.56. The van der Waals surface area contributed by atoms with Crippen molar-refractivity contribution in [3.63, 3.8) is 0 Å². The molecule has 1 aromatic rings. The third-order valence-electron chi connectivity index (χ3n) is 6.98. The maximum absolute atomic E-state index is 12.4. The summed E-state index contributed by atoms with van der Waals surface area (Å²) in [6.45, 7) is 2.98. The van der Waals surface area contributed by atoms with Crippen LogP contribution in [-0.2, 0) is 11.2 Å². The highest BCUT2D eigenvalue weighted by molar-refractivity contribution is 5.87. The normalized spacial score (nSPS) is 34.4. The fourth-order valence-corrected chi connectivity index (χ4v) is 5.67. The first-order chi connectivity index (χ1) is 11.6. The summed E-state index contributed by atoms with van der Waals surface area (Å²) in [4.78, 5) is 12.4. The van der Waals surface area contributed by atoms with E-state index < -0.39 is 0 Å². The number of hydrogen-bond donors (Lipinski definition) is 1. The first kappa shape index (κ1) is 16.1. The zero-order chi connectivity index (χ0) is 16.7. The summed E-state index contributed by atoms with van der Waals surface area (Å²) in [5, 5.41) is 8.88. The van der Waals surface area contributed by atoms with E-state index in [4.69, 9.17) is 9.84 Å². The van der Waals surface area contributed by atoms with E-state index in [0.717, 1.165) is 37.9 Å². The number of rotatable bonds is 4. The number of aliphatic hydroxyl groups is 1. The van der Waals surface area contributed by atoms with E-state index >= 15 is 0 Å². The Kier molecular flexibility index (Phi) is 4.16. The van der Waals surface area contributed by atoms with Crippen LogP contribution < -0.4 is 4.74 Å². The maximum Gasteiger partial charge on any atom is 0.139 e. The van der Waals surface area contributed by atoms with Gasteiger partial charge in [0.1, 0.15) is 11.5 Å². The fourth-order valence-electron chi connectivity index (χ4n) is 5.67. The van der Waals surface area contributed by atoms with Crippen LogP contribution in [0.4, 0.5) is 0 Å². The highest BCUT2D eigenvalue weighted by Gasteiger charge is 2.54. The van der Waals surface area contributed by atoms with Crippen molar-refractivity contribution in [1.29, 1.82) is 0 Å². The van der Waals surface area contributed by atoms with Crippen molar-refractivity contribution in [2.45, 2.75) is 57.8 Å². The number of ketones is 1. The van der Waals surface area contributed by atoms with Gasteiger partial charge >= 0.3 is 0 Å². The molecule has 3 heteroatoms. The lowest BCUT2D eigenvalue weighted by molar-refractivity contribution is -0.129. The lowest BCUT2D eigenvalue weighted by Crippen LogP contribution is -2.42. The zero-order valence-corrected chi connectivity index (χ0v) is 14.6. The molecule has 0 heterocycles. The van der Waals surface area contributed by atoms with Gasteiger partial charge in [-0.25, -0.2) is 0 Å². The number of aliphatic hydroxyl groups excluding tert-OH is 1. The second-order valence-corrected chi connectivity index (χ2v) is 8.12. The van der Waals surface area contributed by atoms with Gasteiger partial charge in [0.15, 0.2) is 0 Å². The Morgan fingerprint density at radius 1 is 1.25 bits per heavy atom. The van der Waals surface area contributed by atoms with Crippen LogP contribution in [0, 0.1) is 17.3 Å². The molecule has 0 amide bonds. The zero-order valence-electron chi connectivity index (χ0n) is 14.6. The Labute approximate surface area is 144 Å². The summed E-state index contributed by atoms with van der Waals surface area (Å²) >= 11 is 0. The van der Waals surface area contributed by atoms with Crippen LogP contribution in [0.2, 0.25) is 0 Å². The van der Waals surface area contributed by atoms with Crippen LogP contribution in [0.1, 0.15) is 62.5 Å². The second kappa shape index (κ2) is 6.18. The number of aryl methyl sites for hydroxylation is 1. The third kappa shape index (κ3) is 2.48. The molecule has 130 valence electrons. The molecule has 0 bridgehead atoms. The van der Waals surface area contributed by atoms with Gasteiger partial charge in [-0.3, -0.25) is 4.79 Å². The first-order valence-electron chi connectivity index (χ1n) is 9.53. The molecule has 3 nitrogen and oxygen atoms in total. The molecule has 0 unspecified atom stereocenters. The minimum Gasteiger partial charge on any atom is -0.493 e. The van der Waals surface area contributed by atoms with E-state index in [1.54, 1.807) is 0 Å². The Morgan fingerprint density at radius 3 is 2.96 bits per heavy atom. The van der Waals surface area contributed by atoms with Gasteiger partial charge < -0.3 is 9.84 Å². The van der Waals surface area contributed by atoms with E-state index in [1.807, 2.05) is 0 Å². The highest BCUT2D eigenvalue weighted by atomic mass is 16.5. The minimum atomic E-state index is -0.0357. The van der Waals surface area contributed by atoms with Crippen LogP contribution in [0.3, 0.4) is 0 Å². The van der Waals surface area contributed by atoms with Crippen LogP contribution in [0.15, 0.2) is 18.2 Å². The number of benzene rings is 1. The van der Waals surface area contributed by atoms with Crippen LogP contribution in [0.25, 0.3) is 0 Å². The average Bonchev–Trinajstić information content (AvgIpc) is 2.90. The summed E-state index contributed by atoms with van der Waals surface area (Å²) in [5.74, 6) is 3.35. The van der Waals surface area contributed by atoms with E-state index in [-0.39, 0.29) is 12.0 Å². The smallest absolute Gasteiger partial charge is 0.139 e. The number of fused-ring (bicyclic) bond motifs is 5. The molecule has 24 heavy (non-hydrogen) atoms. The van der Waals surface area contributed by atoms with E-state index in [1.165, 1.54) is 17.5 Å². The predicted octanol–water partition coefficient (Wildman–Crippen LogP) is 3.87. The van der Waals surface area contributed by atoms with Crippen molar-refractivity contribution in [2.24, 2.45) is 17.3 Å². The molecule has 0 radical (unpaired) electrons. The van der Waals surface area contributed by atoms with Gasteiger partial charge in [0, 0.05) is 24.9 Å². The summed E-state index contributed by atoms with van der Waals surface area (Å²) < 4.78 is 5.74. The van der Waals surface area contributed by atoms with Gasteiger partial charge in [0.05, 0.1) is 6.61 Å². The summed E-state index contributed by atoms with van der Waals surface area (Å²) in [6.07, 6.45) is 7.12. The number of carbonyl (C=O) groups is 1. The fraction of sp³-hybridized carbons (Fsp3) is 0.667. The van der Waals surface area contributed by atoms with Gasteiger partial charge in [0.2, 0.25) is 0 Å². The van der Waals surface area contributed by atoms with Crippen molar-refractivity contribution in [2.75, 3.05) is 13.2 Å². The largest absolute Gasteiger partial charge is 0.493 e. The molecular formula is C21H28O3. The van der Waals surface area contributed by atoms with Crippen molar-refractivity contribution in [1.82, 2.24) is 0 Å². The Hall–Kier alpha value is -1.35. The number of carbonyl (C=O) groups excluding carboxylic acids is 1. The second-order valence-electron chi connectivity index (χ2n) is 8.12. The van der Waals surface area contributed by atoms with Gasteiger partial charge in [-0.2, -0.15) is 0 Å². The highest BCUT2D eigenvalue weighted by Crippen LogP contribution is 2.59. The topological polar surface area (TPSA) is 46.5 Å². The minimum absolute atomic E-state index is 0.0357. The van der Waals surface area contributed by atoms with Gasteiger partial charge in [-0.1, -0.05) is 13.0 Å². The van der Waals surface area contributed by atoms with E-state index in [2.05, 4.69) is 25.1 Å². The van der Waals surface area contributed by atoms with Crippen molar-refractivity contribution < 1.29 is 14.6 Å². The first-order valence-corrected chi connectivity index (χ1v) is 9.53. The van der Waals surface area contributed by atoms with Gasteiger partial charge in [-0.15, -0.1) is 0 Å². The van der Waals surface area contributed by atoms with Gasteiger partial charge in [-0.05, 0) is 73.1 Å². The molecule has 3 aliphatic carbocycles.